The molecule has 0 aliphatic carbocycles. The summed E-state index contributed by atoms with van der Waals surface area (Å²) in [4.78, 5) is 43.3. The Morgan fingerprint density at radius 1 is 1.21 bits per heavy atom. The van der Waals surface area contributed by atoms with Crippen LogP contribution in [0.2, 0.25) is 0 Å². The molecule has 2 aliphatic heterocycles. The number of piperazine rings is 1. The van der Waals surface area contributed by atoms with Crippen molar-refractivity contribution in [3.8, 4) is 0 Å². The van der Waals surface area contributed by atoms with Gasteiger partial charge in [0.1, 0.15) is 11.5 Å². The maximum atomic E-state index is 12.7. The number of anilines is 1. The second kappa shape index (κ2) is 7.89. The molecule has 2 aromatic rings. The molecule has 4 heterocycles. The van der Waals surface area contributed by atoms with Gasteiger partial charge in [-0.25, -0.2) is 0 Å². The Labute approximate surface area is 162 Å². The van der Waals surface area contributed by atoms with Crippen LogP contribution in [0.15, 0.2) is 29.0 Å². The minimum Gasteiger partial charge on any atom is -0.467 e. The van der Waals surface area contributed by atoms with Crippen molar-refractivity contribution >= 4 is 23.4 Å². The van der Waals surface area contributed by atoms with E-state index in [1.54, 1.807) is 23.2 Å². The molecule has 0 atom stereocenters. The van der Waals surface area contributed by atoms with Crippen molar-refractivity contribution in [3.05, 3.63) is 41.6 Å². The average molecular weight is 385 g/mol. The molecular weight excluding hydrogens is 362 g/mol. The van der Waals surface area contributed by atoms with Crippen molar-refractivity contribution in [1.29, 1.82) is 0 Å². The van der Waals surface area contributed by atoms with Gasteiger partial charge in [0, 0.05) is 32.4 Å². The molecule has 2 fully saturated rings. The number of furan rings is 1. The molecule has 9 heteroatoms. The zero-order valence-electron chi connectivity index (χ0n) is 15.5. The summed E-state index contributed by atoms with van der Waals surface area (Å²) in [7, 11) is 0. The fourth-order valence-electron chi connectivity index (χ4n) is 3.57. The molecule has 0 radical (unpaired) electrons. The van der Waals surface area contributed by atoms with E-state index in [9.17, 15) is 14.4 Å². The van der Waals surface area contributed by atoms with E-state index in [1.807, 2.05) is 4.90 Å². The molecule has 0 aromatic carbocycles. The molecule has 148 valence electrons. The maximum absolute atomic E-state index is 12.7. The fourth-order valence-corrected chi connectivity index (χ4v) is 3.57. The number of hydrogen-bond donors (Lipinski definition) is 3. The van der Waals surface area contributed by atoms with Crippen molar-refractivity contribution in [1.82, 2.24) is 20.1 Å². The van der Waals surface area contributed by atoms with Crippen molar-refractivity contribution in [3.63, 3.8) is 0 Å². The molecule has 0 unspecified atom stereocenters. The van der Waals surface area contributed by atoms with E-state index in [0.29, 0.717) is 42.3 Å². The Hall–Kier alpha value is -3.07. The van der Waals surface area contributed by atoms with E-state index in [-0.39, 0.29) is 24.3 Å². The first-order chi connectivity index (χ1) is 13.6. The highest BCUT2D eigenvalue weighted by Crippen LogP contribution is 2.19. The second-order valence-electron chi connectivity index (χ2n) is 7.07. The van der Waals surface area contributed by atoms with Gasteiger partial charge in [-0.3, -0.25) is 19.3 Å². The van der Waals surface area contributed by atoms with Crippen LogP contribution in [-0.2, 0) is 11.3 Å². The lowest BCUT2D eigenvalue weighted by atomic mass is 10.2. The predicted molar refractivity (Wildman–Crippen MR) is 101 cm³/mol. The van der Waals surface area contributed by atoms with Crippen molar-refractivity contribution in [2.75, 3.05) is 38.0 Å². The first-order valence-electron chi connectivity index (χ1n) is 9.44. The van der Waals surface area contributed by atoms with E-state index >= 15 is 0 Å². The smallest absolute Gasteiger partial charge is 0.270 e. The van der Waals surface area contributed by atoms with Crippen molar-refractivity contribution in [2.45, 2.75) is 19.4 Å². The van der Waals surface area contributed by atoms with Crippen LogP contribution < -0.4 is 10.6 Å². The number of carbonyl (C=O) groups is 3. The number of nitrogens with one attached hydrogen (secondary N) is 3. The number of nitrogens with zero attached hydrogens (tertiary/aromatic N) is 2. The van der Waals surface area contributed by atoms with Gasteiger partial charge in [-0.2, -0.15) is 0 Å². The summed E-state index contributed by atoms with van der Waals surface area (Å²) >= 11 is 0. The van der Waals surface area contributed by atoms with E-state index in [2.05, 4.69) is 15.6 Å². The molecule has 3 N–H and O–H groups in total. The summed E-state index contributed by atoms with van der Waals surface area (Å²) in [6.07, 6.45) is 5.12. The van der Waals surface area contributed by atoms with Gasteiger partial charge in [0.2, 0.25) is 5.91 Å². The average Bonchev–Trinajstić information content (AvgIpc) is 3.43. The maximum Gasteiger partial charge on any atom is 0.270 e. The second-order valence-corrected chi connectivity index (χ2v) is 7.07. The van der Waals surface area contributed by atoms with Crippen LogP contribution in [-0.4, -0.2) is 65.2 Å². The normalized spacial score (nSPS) is 17.6. The lowest BCUT2D eigenvalue weighted by Gasteiger charge is -2.25. The summed E-state index contributed by atoms with van der Waals surface area (Å²) in [6, 6.07) is 3.25. The van der Waals surface area contributed by atoms with E-state index < -0.39 is 0 Å². The molecule has 9 nitrogen and oxygen atoms in total. The number of rotatable bonds is 5. The van der Waals surface area contributed by atoms with Crippen LogP contribution in [0.25, 0.3) is 0 Å². The van der Waals surface area contributed by atoms with Gasteiger partial charge in [0.25, 0.3) is 11.8 Å². The van der Waals surface area contributed by atoms with E-state index in [4.69, 9.17) is 4.42 Å². The topological polar surface area (TPSA) is 111 Å². The monoisotopic (exact) mass is 385 g/mol. The van der Waals surface area contributed by atoms with Gasteiger partial charge in [-0.1, -0.05) is 0 Å². The van der Waals surface area contributed by atoms with Gasteiger partial charge >= 0.3 is 0 Å². The molecule has 0 spiro atoms. The van der Waals surface area contributed by atoms with Crippen LogP contribution >= 0.6 is 0 Å². The molecule has 2 aliphatic rings. The van der Waals surface area contributed by atoms with E-state index in [0.717, 1.165) is 25.9 Å². The Morgan fingerprint density at radius 2 is 2.04 bits per heavy atom. The van der Waals surface area contributed by atoms with Crippen LogP contribution in [0.1, 0.15) is 39.4 Å². The highest BCUT2D eigenvalue weighted by molar-refractivity contribution is 6.05. The van der Waals surface area contributed by atoms with Crippen LogP contribution in [0.4, 0.5) is 5.69 Å². The number of aromatic nitrogens is 1. The molecule has 28 heavy (non-hydrogen) atoms. The highest BCUT2D eigenvalue weighted by atomic mass is 16.3. The molecule has 4 rings (SSSR count). The Kier molecular flexibility index (Phi) is 5.16. The largest absolute Gasteiger partial charge is 0.467 e. The number of carbonyl (C=O) groups excluding carboxylic acids is 3. The van der Waals surface area contributed by atoms with Gasteiger partial charge in [-0.15, -0.1) is 0 Å². The van der Waals surface area contributed by atoms with Crippen LogP contribution in [0.5, 0.6) is 0 Å². The van der Waals surface area contributed by atoms with Crippen molar-refractivity contribution < 1.29 is 18.8 Å². The van der Waals surface area contributed by atoms with Crippen LogP contribution in [0.3, 0.4) is 0 Å². The molecule has 3 amide bonds. The number of amides is 3. The van der Waals surface area contributed by atoms with Gasteiger partial charge in [0.15, 0.2) is 0 Å². The van der Waals surface area contributed by atoms with Gasteiger partial charge < -0.3 is 24.9 Å². The lowest BCUT2D eigenvalue weighted by Crippen LogP contribution is -2.47. The quantitative estimate of drug-likeness (QED) is 0.712. The molecule has 2 aromatic heterocycles. The predicted octanol–water partition coefficient (Wildman–Crippen LogP) is 1.03. The Balaban J connectivity index is 1.40. The first kappa shape index (κ1) is 18.3. The Bertz CT molecular complexity index is 881. The Morgan fingerprint density at radius 3 is 2.82 bits per heavy atom. The summed E-state index contributed by atoms with van der Waals surface area (Å²) in [6.45, 7) is 3.49. The summed E-state index contributed by atoms with van der Waals surface area (Å²) < 4.78 is 5.47. The van der Waals surface area contributed by atoms with Gasteiger partial charge in [-0.05, 0) is 25.0 Å². The SMILES string of the molecule is O=C1CN(Cc2occc2C(=O)Nc2c[nH]c(C(=O)N3CCCC3)c2)CCN1. The lowest BCUT2D eigenvalue weighted by molar-refractivity contribution is -0.124. The van der Waals surface area contributed by atoms with Crippen molar-refractivity contribution in [2.24, 2.45) is 0 Å². The summed E-state index contributed by atoms with van der Waals surface area (Å²) in [5, 5.41) is 5.57. The summed E-state index contributed by atoms with van der Waals surface area (Å²) in [5.41, 5.74) is 1.40. The molecule has 2 saturated heterocycles. The third-order valence-corrected chi connectivity index (χ3v) is 5.04. The minimum absolute atomic E-state index is 0.0358. The third kappa shape index (κ3) is 3.94. The standard InChI is InChI=1S/C19H23N5O4/c25-17-12-23(7-4-20-17)11-16-14(3-8-28-16)18(26)22-13-9-15(21-10-13)19(27)24-5-1-2-6-24/h3,8-10,21H,1-2,4-7,11-12H2,(H,20,25)(H,22,26). The fraction of sp³-hybridized carbons (Fsp3) is 0.421. The van der Waals surface area contributed by atoms with Crippen LogP contribution in [0, 0.1) is 0 Å². The number of likely N-dealkylation sites (tertiary alicyclic amines) is 1. The summed E-state index contributed by atoms with van der Waals surface area (Å²) in [5.74, 6) is 0.109. The number of H-pyrrole nitrogens is 1. The first-order valence-corrected chi connectivity index (χ1v) is 9.44. The zero-order valence-corrected chi connectivity index (χ0v) is 15.5. The third-order valence-electron chi connectivity index (χ3n) is 5.04. The highest BCUT2D eigenvalue weighted by Gasteiger charge is 2.23. The molecule has 0 bridgehead atoms. The molecule has 0 saturated carbocycles. The number of hydrogen-bond acceptors (Lipinski definition) is 5. The molecular formula is C19H23N5O4. The number of aromatic amines is 1. The minimum atomic E-state index is -0.315. The van der Waals surface area contributed by atoms with E-state index in [1.165, 1.54) is 6.26 Å². The zero-order chi connectivity index (χ0) is 19.5. The van der Waals surface area contributed by atoms with Gasteiger partial charge in [0.05, 0.1) is 30.6 Å².